The van der Waals surface area contributed by atoms with E-state index in [2.05, 4.69) is 194 Å². The molecule has 6 heteroatoms. The summed E-state index contributed by atoms with van der Waals surface area (Å²) in [6.07, 6.45) is 49.0. The fourth-order valence-corrected chi connectivity index (χ4v) is 33.2. The molecular formula is C96H156N3Y3-3. The van der Waals surface area contributed by atoms with Crippen molar-refractivity contribution in [3.8, 4) is 0 Å². The average molecular weight is 1620 g/mol. The van der Waals surface area contributed by atoms with E-state index in [-0.39, 0.29) is 120 Å². The Kier molecular flexibility index (Phi) is 25.6. The van der Waals surface area contributed by atoms with Crippen molar-refractivity contribution in [2.24, 2.45) is 161 Å². The quantitative estimate of drug-likeness (QED) is 0.145. The molecule has 0 aromatic carbocycles. The van der Waals surface area contributed by atoms with Crippen LogP contribution >= 0.6 is 0 Å². The summed E-state index contributed by atoms with van der Waals surface area (Å²) in [7, 11) is 0. The number of rotatable bonds is 8. The van der Waals surface area contributed by atoms with Crippen LogP contribution in [-0.4, -0.2) is 41.2 Å². The van der Waals surface area contributed by atoms with Crippen LogP contribution in [0.1, 0.15) is 317 Å². The maximum atomic E-state index is 7.14. The van der Waals surface area contributed by atoms with Gasteiger partial charge in [0, 0.05) is 128 Å². The van der Waals surface area contributed by atoms with Crippen molar-refractivity contribution in [2.45, 2.75) is 334 Å². The van der Waals surface area contributed by atoms with Gasteiger partial charge >= 0.3 is 0 Å². The topological polar surface area (TPSA) is 41.1 Å². The summed E-state index contributed by atoms with van der Waals surface area (Å²) < 4.78 is 0. The molecule has 1 aliphatic heterocycles. The Hall–Kier alpha value is 1.24. The predicted molar refractivity (Wildman–Crippen MR) is 425 cm³/mol. The summed E-state index contributed by atoms with van der Waals surface area (Å²) in [6.45, 7) is 75.7. The molecule has 1 saturated heterocycles. The van der Waals surface area contributed by atoms with Gasteiger partial charge in [-0.15, -0.1) is 0 Å². The molecule has 3 N–H and O–H groups in total. The fraction of sp³-hybridized carbons (Fsp3) is 0.844. The largest absolute Gasteiger partial charge is 0.325 e. The van der Waals surface area contributed by atoms with Gasteiger partial charge in [0.1, 0.15) is 0 Å². The van der Waals surface area contributed by atoms with Crippen LogP contribution in [0.15, 0.2) is 71.4 Å². The van der Waals surface area contributed by atoms with Crippen LogP contribution in [0.2, 0.25) is 0 Å². The van der Waals surface area contributed by atoms with Gasteiger partial charge in [0.25, 0.3) is 0 Å². The molecule has 3 radical (unpaired) electrons. The van der Waals surface area contributed by atoms with E-state index in [1.165, 1.54) is 246 Å². The molecule has 3 nitrogen and oxygen atoms in total. The van der Waals surface area contributed by atoms with Gasteiger partial charge in [-0.2, -0.15) is 0 Å². The molecule has 0 spiro atoms. The van der Waals surface area contributed by atoms with Gasteiger partial charge in [-0.3, -0.25) is 4.90 Å². The minimum atomic E-state index is 0. The zero-order chi connectivity index (χ0) is 71.6. The number of nitrogens with two attached hydrogens (primary N) is 1. The molecular weight excluding hydrogens is 1460 g/mol. The van der Waals surface area contributed by atoms with Gasteiger partial charge in [0.2, 0.25) is 0 Å². The first-order valence-corrected chi connectivity index (χ1v) is 43.3. The number of fused-ring (bicyclic) bond motifs is 21. The van der Waals surface area contributed by atoms with Crippen LogP contribution < -0.4 is 11.1 Å². The van der Waals surface area contributed by atoms with Crippen LogP contribution in [-0.2, 0) is 98.1 Å². The summed E-state index contributed by atoms with van der Waals surface area (Å²) in [5.41, 5.74) is 20.4. The molecule has 0 bridgehead atoms. The van der Waals surface area contributed by atoms with E-state index in [9.17, 15) is 0 Å². The van der Waals surface area contributed by atoms with Crippen molar-refractivity contribution < 1.29 is 98.1 Å². The molecule has 16 rings (SSSR count). The van der Waals surface area contributed by atoms with Gasteiger partial charge < -0.3 is 11.1 Å². The maximum Gasteiger partial charge on any atom is 0.0247 e. The van der Waals surface area contributed by atoms with Gasteiger partial charge in [-0.1, -0.05) is 172 Å². The molecule has 102 heavy (non-hydrogen) atoms. The monoisotopic (exact) mass is 1620 g/mol. The Labute approximate surface area is 707 Å². The molecule has 16 aliphatic rings. The number of allylic oxidation sites excluding steroid dienone is 9. The van der Waals surface area contributed by atoms with Gasteiger partial charge in [0.05, 0.1) is 0 Å². The third-order valence-corrected chi connectivity index (χ3v) is 38.2. The zero-order valence-electron chi connectivity index (χ0n) is 70.0. The summed E-state index contributed by atoms with van der Waals surface area (Å²) in [5.74, 6) is 14.9. The molecule has 1 heterocycles. The van der Waals surface area contributed by atoms with E-state index < -0.39 is 0 Å². The molecule has 567 valence electrons. The van der Waals surface area contributed by atoms with E-state index in [4.69, 9.17) is 5.73 Å². The Morgan fingerprint density at radius 3 is 1.12 bits per heavy atom. The second kappa shape index (κ2) is 30.5. The molecule has 0 aromatic heterocycles. The van der Waals surface area contributed by atoms with Gasteiger partial charge in [-0.05, 0) is 343 Å². The van der Waals surface area contributed by atoms with E-state index in [1.807, 2.05) is 0 Å². The first-order chi connectivity index (χ1) is 46.4. The van der Waals surface area contributed by atoms with Crippen molar-refractivity contribution >= 4 is 0 Å². The van der Waals surface area contributed by atoms with Crippen molar-refractivity contribution in [3.63, 3.8) is 0 Å². The summed E-state index contributed by atoms with van der Waals surface area (Å²) in [5, 5.41) is 4.16. The standard InChI is InChI=1S/C32H52N.C31H48N.C29H46N.C4H10.3Y/c1-9-20-33-32-18-13-23(21(2)3)28(32)24-10-11-27-30(7,25(24)14-19-32)17-15-26-29(5,6)22(4)12-16-31(26,27)8;1-20(2)22-11-16-31(32-18-19-32)17-12-24-23(27(22)31)8-9-26-29(24,6)15-13-25-28(4,5)21(3)10-14-30(25,26)7;1-18(2)20-11-16-29(30)17-12-22-21(25(20)29)8-9-24-27(22,6)15-13-23-26(4,5)19(3)10-14-28(23,24)7;1-3-4-2;;;/h12,23-28,33H,2,4,9-11,13-20H2,1,3,5-8H3;10,22-27H,1,3,8-9,11-19H2,2,4-7H3;10,20-25H,1,3,8-9,11-17,30H2,2,4-7H3;3-4H2,1-2H3;;;/q3*-1;;;;/t23-,24-,25+,26-,27-,28+,30-,31-,32-;22-,23-,24+,25-,26-,27+,29-,30-,31-;20-,21-,22+,23-,24-,25+,27-,28-,29-;;;;/m000..../s1. The Bertz CT molecular complexity index is 3140. The minimum absolute atomic E-state index is 0. The number of unbranched alkanes of at least 4 members (excludes halogenated alkanes) is 1. The van der Waals surface area contributed by atoms with E-state index in [0.717, 1.165) is 94.7 Å². The van der Waals surface area contributed by atoms with Crippen LogP contribution in [0.3, 0.4) is 0 Å². The Morgan fingerprint density at radius 2 is 0.725 bits per heavy atom. The molecule has 0 amide bonds. The summed E-state index contributed by atoms with van der Waals surface area (Å²) in [6, 6.07) is 0. The number of hydrogen-bond donors (Lipinski definition) is 2. The van der Waals surface area contributed by atoms with Gasteiger partial charge in [-0.25, -0.2) is 55.7 Å². The predicted octanol–water partition coefficient (Wildman–Crippen LogP) is 25.2. The first kappa shape index (κ1) is 85.7. The normalized spacial score (nSPS) is 49.5. The van der Waals surface area contributed by atoms with Crippen molar-refractivity contribution in [1.29, 1.82) is 0 Å². The second-order valence-corrected chi connectivity index (χ2v) is 43.0. The third kappa shape index (κ3) is 13.2. The minimum Gasteiger partial charge on any atom is -0.325 e. The molecule has 15 aliphatic carbocycles. The van der Waals surface area contributed by atoms with Crippen LogP contribution in [0.5, 0.6) is 0 Å². The number of hydrogen-bond acceptors (Lipinski definition) is 3. The second-order valence-electron chi connectivity index (χ2n) is 43.0. The van der Waals surface area contributed by atoms with E-state index in [0.29, 0.717) is 55.4 Å². The fourth-order valence-electron chi connectivity index (χ4n) is 33.2. The summed E-state index contributed by atoms with van der Waals surface area (Å²) in [4.78, 5) is 2.90. The zero-order valence-corrected chi connectivity index (χ0v) is 78.5. The third-order valence-electron chi connectivity index (χ3n) is 38.2. The average Bonchev–Trinajstić information content (AvgIpc) is 1.17. The molecule has 0 unspecified atom stereocenters. The summed E-state index contributed by atoms with van der Waals surface area (Å²) >= 11 is 0. The van der Waals surface area contributed by atoms with Crippen molar-refractivity contribution in [2.75, 3.05) is 19.6 Å². The van der Waals surface area contributed by atoms with Gasteiger partial charge in [0.15, 0.2) is 0 Å². The maximum absolute atomic E-state index is 7.14. The van der Waals surface area contributed by atoms with Crippen LogP contribution in [0.4, 0.5) is 0 Å². The number of nitrogens with zero attached hydrogens (tertiary/aromatic N) is 1. The van der Waals surface area contributed by atoms with Crippen molar-refractivity contribution in [3.05, 3.63) is 92.2 Å². The van der Waals surface area contributed by atoms with E-state index >= 15 is 0 Å². The van der Waals surface area contributed by atoms with Crippen LogP contribution in [0, 0.1) is 176 Å². The van der Waals surface area contributed by atoms with Crippen molar-refractivity contribution in [1.82, 2.24) is 10.2 Å². The van der Waals surface area contributed by atoms with Crippen LogP contribution in [0.25, 0.3) is 0 Å². The smallest absolute Gasteiger partial charge is 0.0247 e. The Morgan fingerprint density at radius 1 is 0.402 bits per heavy atom. The molecule has 27 atom stereocenters. The molecule has 0 aromatic rings. The SMILES string of the molecule is C=C(C)[C@@H]1CC[C@]2(N)CC[C@@H]3[C@H](CC[C@H]4[C@@]3(C)CC[C@H]3C(C)(C)C([CH2-])=CC[C@]43C)[C@@H]12.C=C(C)[C@@H]1CC[C@]2(N3CC3)CC[C@@H]3[C@H](CC[C@H]4[C@@]3(C)CC[C@H]3C(C)(C)C([CH2-])=CC[C@]43C)[C@@H]12.C=C(C)[C@@H]1CC[C@]2(NCCC)CC[C@@H]3[C@H](CC[C@H]4[C@@]3(C)CC[C@H]3C(C)(C)C([CH2-])=CC[C@]43C)[C@@H]12.CCCC.[Y].[Y].[Y]. The van der Waals surface area contributed by atoms with E-state index in [1.54, 1.807) is 0 Å². The number of nitrogens with one attached hydrogen (secondary N) is 1. The first-order valence-electron chi connectivity index (χ1n) is 43.3. The molecule has 13 fully saturated rings. The Balaban J connectivity index is 0.000000158. The molecule has 12 saturated carbocycles.